The lowest BCUT2D eigenvalue weighted by atomic mass is 10.1. The van der Waals surface area contributed by atoms with E-state index in [1.165, 1.54) is 0 Å². The number of amides is 1. The monoisotopic (exact) mass is 301 g/mol. The van der Waals surface area contributed by atoms with Crippen molar-refractivity contribution in [3.8, 4) is 0 Å². The molecule has 118 valence electrons. The van der Waals surface area contributed by atoms with Crippen LogP contribution in [0, 0.1) is 0 Å². The molecule has 0 spiro atoms. The predicted molar refractivity (Wildman–Crippen MR) is 85.6 cm³/mol. The van der Waals surface area contributed by atoms with Gasteiger partial charge in [-0.1, -0.05) is 31.2 Å². The first-order valence-corrected chi connectivity index (χ1v) is 7.65. The van der Waals surface area contributed by atoms with Gasteiger partial charge in [-0.2, -0.15) is 0 Å². The lowest BCUT2D eigenvalue weighted by molar-refractivity contribution is 0.0651. The fourth-order valence-corrected chi connectivity index (χ4v) is 2.08. The highest BCUT2D eigenvalue weighted by Gasteiger charge is 2.11. The van der Waals surface area contributed by atoms with E-state index in [1.54, 1.807) is 6.07 Å². The standard InChI is InChI=1S/C18H23NO3/c1-4-16-9-10-17(22-16)18(20)19-11-14-7-5-6-8-15(14)12-21-13(2)3/h5-10,13H,4,11-12H2,1-3H3,(H,19,20). The summed E-state index contributed by atoms with van der Waals surface area (Å²) >= 11 is 0. The Bertz CT molecular complexity index is 616. The fourth-order valence-electron chi connectivity index (χ4n) is 2.08. The third-order valence-corrected chi connectivity index (χ3v) is 3.36. The van der Waals surface area contributed by atoms with Crippen molar-refractivity contribution in [3.05, 3.63) is 59.0 Å². The highest BCUT2D eigenvalue weighted by atomic mass is 16.5. The molecule has 4 nitrogen and oxygen atoms in total. The van der Waals surface area contributed by atoms with Crippen molar-refractivity contribution in [2.75, 3.05) is 0 Å². The van der Waals surface area contributed by atoms with Gasteiger partial charge in [-0.05, 0) is 37.1 Å². The number of hydrogen-bond acceptors (Lipinski definition) is 3. The van der Waals surface area contributed by atoms with Crippen molar-refractivity contribution < 1.29 is 13.9 Å². The van der Waals surface area contributed by atoms with Gasteiger partial charge in [0.2, 0.25) is 0 Å². The number of aryl methyl sites for hydroxylation is 1. The largest absolute Gasteiger partial charge is 0.456 e. The van der Waals surface area contributed by atoms with Gasteiger partial charge in [0.1, 0.15) is 5.76 Å². The van der Waals surface area contributed by atoms with E-state index in [9.17, 15) is 4.79 Å². The fraction of sp³-hybridized carbons (Fsp3) is 0.389. The summed E-state index contributed by atoms with van der Waals surface area (Å²) in [7, 11) is 0. The van der Waals surface area contributed by atoms with Crippen LogP contribution in [0.2, 0.25) is 0 Å². The number of nitrogens with one attached hydrogen (secondary N) is 1. The van der Waals surface area contributed by atoms with E-state index in [2.05, 4.69) is 5.32 Å². The molecule has 1 N–H and O–H groups in total. The van der Waals surface area contributed by atoms with Crippen LogP contribution < -0.4 is 5.32 Å². The van der Waals surface area contributed by atoms with Crippen LogP contribution in [0.4, 0.5) is 0 Å². The molecule has 1 amide bonds. The Morgan fingerprint density at radius 3 is 2.55 bits per heavy atom. The van der Waals surface area contributed by atoms with Gasteiger partial charge in [0.25, 0.3) is 5.91 Å². The normalized spacial score (nSPS) is 10.9. The SMILES string of the molecule is CCc1ccc(C(=O)NCc2ccccc2COC(C)C)o1. The van der Waals surface area contributed by atoms with Crippen LogP contribution >= 0.6 is 0 Å². The van der Waals surface area contributed by atoms with E-state index in [0.29, 0.717) is 18.9 Å². The second-order valence-corrected chi connectivity index (χ2v) is 5.43. The van der Waals surface area contributed by atoms with Crippen molar-refractivity contribution in [2.45, 2.75) is 46.4 Å². The number of rotatable bonds is 7. The van der Waals surface area contributed by atoms with Crippen LogP contribution in [-0.4, -0.2) is 12.0 Å². The molecule has 1 aromatic carbocycles. The Morgan fingerprint density at radius 2 is 1.91 bits per heavy atom. The Balaban J connectivity index is 1.97. The third-order valence-electron chi connectivity index (χ3n) is 3.36. The van der Waals surface area contributed by atoms with Gasteiger partial charge in [0.15, 0.2) is 5.76 Å². The predicted octanol–water partition coefficient (Wildman–Crippen LogP) is 3.70. The highest BCUT2D eigenvalue weighted by molar-refractivity contribution is 5.91. The molecule has 0 aliphatic heterocycles. The summed E-state index contributed by atoms with van der Waals surface area (Å²) < 4.78 is 11.1. The molecule has 2 rings (SSSR count). The van der Waals surface area contributed by atoms with Gasteiger partial charge in [0.05, 0.1) is 12.7 Å². The number of furan rings is 1. The maximum atomic E-state index is 12.1. The van der Waals surface area contributed by atoms with Gasteiger partial charge in [-0.15, -0.1) is 0 Å². The number of ether oxygens (including phenoxy) is 1. The van der Waals surface area contributed by atoms with Gasteiger partial charge in [-0.3, -0.25) is 4.79 Å². The van der Waals surface area contributed by atoms with E-state index >= 15 is 0 Å². The number of carbonyl (C=O) groups is 1. The second kappa shape index (κ2) is 7.80. The zero-order chi connectivity index (χ0) is 15.9. The van der Waals surface area contributed by atoms with E-state index in [0.717, 1.165) is 23.3 Å². The first-order chi connectivity index (χ1) is 10.6. The summed E-state index contributed by atoms with van der Waals surface area (Å²) in [6.07, 6.45) is 0.959. The van der Waals surface area contributed by atoms with Crippen LogP contribution in [0.3, 0.4) is 0 Å². The number of hydrogen-bond donors (Lipinski definition) is 1. The Labute approximate surface area is 131 Å². The van der Waals surface area contributed by atoms with Crippen molar-refractivity contribution in [3.63, 3.8) is 0 Å². The minimum atomic E-state index is -0.195. The molecule has 1 heterocycles. The molecular formula is C18H23NO3. The zero-order valence-electron chi connectivity index (χ0n) is 13.4. The molecular weight excluding hydrogens is 278 g/mol. The average molecular weight is 301 g/mol. The van der Waals surface area contributed by atoms with Crippen LogP contribution in [0.25, 0.3) is 0 Å². The van der Waals surface area contributed by atoms with Crippen LogP contribution in [0.5, 0.6) is 0 Å². The Morgan fingerprint density at radius 1 is 1.18 bits per heavy atom. The summed E-state index contributed by atoms with van der Waals surface area (Å²) in [5.41, 5.74) is 2.14. The quantitative estimate of drug-likeness (QED) is 0.848. The zero-order valence-corrected chi connectivity index (χ0v) is 13.4. The minimum Gasteiger partial charge on any atom is -0.456 e. The van der Waals surface area contributed by atoms with Gasteiger partial charge < -0.3 is 14.5 Å². The molecule has 0 aliphatic rings. The Hall–Kier alpha value is -2.07. The summed E-state index contributed by atoms with van der Waals surface area (Å²) in [6, 6.07) is 11.5. The van der Waals surface area contributed by atoms with Crippen LogP contribution in [-0.2, 0) is 24.3 Å². The van der Waals surface area contributed by atoms with Crippen molar-refractivity contribution in [1.82, 2.24) is 5.32 Å². The highest BCUT2D eigenvalue weighted by Crippen LogP contribution is 2.12. The molecule has 0 saturated heterocycles. The molecule has 0 saturated carbocycles. The molecule has 2 aromatic rings. The first-order valence-electron chi connectivity index (χ1n) is 7.65. The molecule has 4 heteroatoms. The van der Waals surface area contributed by atoms with Crippen molar-refractivity contribution in [1.29, 1.82) is 0 Å². The van der Waals surface area contributed by atoms with Crippen LogP contribution in [0.1, 0.15) is 48.2 Å². The van der Waals surface area contributed by atoms with E-state index in [-0.39, 0.29) is 12.0 Å². The second-order valence-electron chi connectivity index (χ2n) is 5.43. The lowest BCUT2D eigenvalue weighted by Crippen LogP contribution is -2.23. The van der Waals surface area contributed by atoms with Crippen molar-refractivity contribution in [2.24, 2.45) is 0 Å². The number of carbonyl (C=O) groups excluding carboxylic acids is 1. The molecule has 0 radical (unpaired) electrons. The summed E-state index contributed by atoms with van der Waals surface area (Å²) in [4.78, 5) is 12.1. The van der Waals surface area contributed by atoms with Gasteiger partial charge >= 0.3 is 0 Å². The average Bonchev–Trinajstić information content (AvgIpc) is 3.00. The molecule has 0 fully saturated rings. The van der Waals surface area contributed by atoms with Gasteiger partial charge in [-0.25, -0.2) is 0 Å². The van der Waals surface area contributed by atoms with Crippen LogP contribution in [0.15, 0.2) is 40.8 Å². The topological polar surface area (TPSA) is 51.5 Å². The maximum Gasteiger partial charge on any atom is 0.287 e. The molecule has 22 heavy (non-hydrogen) atoms. The molecule has 1 aromatic heterocycles. The maximum absolute atomic E-state index is 12.1. The van der Waals surface area contributed by atoms with E-state index in [4.69, 9.17) is 9.15 Å². The van der Waals surface area contributed by atoms with Gasteiger partial charge in [0, 0.05) is 13.0 Å². The molecule has 0 bridgehead atoms. The van der Waals surface area contributed by atoms with E-state index in [1.807, 2.05) is 51.1 Å². The lowest BCUT2D eigenvalue weighted by Gasteiger charge is -2.12. The third kappa shape index (κ3) is 4.46. The smallest absolute Gasteiger partial charge is 0.287 e. The molecule has 0 atom stereocenters. The molecule has 0 aliphatic carbocycles. The first kappa shape index (κ1) is 16.3. The summed E-state index contributed by atoms with van der Waals surface area (Å²) in [6.45, 7) is 7.01. The summed E-state index contributed by atoms with van der Waals surface area (Å²) in [5, 5.41) is 2.89. The number of benzene rings is 1. The minimum absolute atomic E-state index is 0.179. The Kier molecular flexibility index (Phi) is 5.78. The van der Waals surface area contributed by atoms with E-state index < -0.39 is 0 Å². The summed E-state index contributed by atoms with van der Waals surface area (Å²) in [5.74, 6) is 0.975. The van der Waals surface area contributed by atoms with Crippen molar-refractivity contribution >= 4 is 5.91 Å². The molecule has 0 unspecified atom stereocenters.